The lowest BCUT2D eigenvalue weighted by Gasteiger charge is -2.08. The molecule has 0 N–H and O–H groups in total. The van der Waals surface area contributed by atoms with Crippen LogP contribution in [0.3, 0.4) is 0 Å². The molecule has 1 aromatic carbocycles. The second-order valence-electron chi connectivity index (χ2n) is 4.12. The molecule has 0 fully saturated rings. The van der Waals surface area contributed by atoms with Crippen molar-refractivity contribution >= 4 is 51.6 Å². The van der Waals surface area contributed by atoms with Crippen molar-refractivity contribution in [3.05, 3.63) is 59.8 Å². The number of halogens is 3. The zero-order valence-electron chi connectivity index (χ0n) is 10.4. The molecule has 0 atom stereocenters. The summed E-state index contributed by atoms with van der Waals surface area (Å²) < 4.78 is 1.75. The van der Waals surface area contributed by atoms with Crippen LogP contribution in [0.4, 0.5) is 0 Å². The summed E-state index contributed by atoms with van der Waals surface area (Å²) in [5, 5.41) is 0.726. The van der Waals surface area contributed by atoms with Gasteiger partial charge in [-0.2, -0.15) is 0 Å². The van der Waals surface area contributed by atoms with E-state index < -0.39 is 0 Å². The molecule has 104 valence electrons. The first-order valence-electron chi connectivity index (χ1n) is 5.60. The van der Waals surface area contributed by atoms with Crippen LogP contribution in [0.5, 0.6) is 0 Å². The van der Waals surface area contributed by atoms with Gasteiger partial charge in [-0.25, -0.2) is 4.98 Å². The standard InChI is InChI=1S/C13H9Cl2IN2O2/c1-7-12(16)13(20)18(6-17-7)5-11(19)9-4-8(14)2-3-10(9)15/h2-4,6H,5H2,1H3. The van der Waals surface area contributed by atoms with Crippen LogP contribution >= 0.6 is 45.8 Å². The van der Waals surface area contributed by atoms with Crippen molar-refractivity contribution in [3.63, 3.8) is 0 Å². The summed E-state index contributed by atoms with van der Waals surface area (Å²) in [6.07, 6.45) is 1.36. The molecule has 0 aliphatic heterocycles. The third-order valence-electron chi connectivity index (χ3n) is 2.70. The Labute approximate surface area is 138 Å². The Morgan fingerprint density at radius 1 is 1.40 bits per heavy atom. The third-order valence-corrected chi connectivity index (χ3v) is 4.51. The lowest BCUT2D eigenvalue weighted by molar-refractivity contribution is 0.0970. The normalized spacial score (nSPS) is 10.6. The Morgan fingerprint density at radius 3 is 2.80 bits per heavy atom. The largest absolute Gasteiger partial charge is 0.292 e. The van der Waals surface area contributed by atoms with Gasteiger partial charge in [0.05, 0.1) is 27.2 Å². The summed E-state index contributed by atoms with van der Waals surface area (Å²) in [6, 6.07) is 4.64. The van der Waals surface area contributed by atoms with Gasteiger partial charge in [0.2, 0.25) is 0 Å². The maximum Gasteiger partial charge on any atom is 0.267 e. The van der Waals surface area contributed by atoms with Crippen LogP contribution in [-0.4, -0.2) is 15.3 Å². The number of nitrogens with zero attached hydrogens (tertiary/aromatic N) is 2. The minimum Gasteiger partial charge on any atom is -0.292 e. The maximum absolute atomic E-state index is 12.2. The molecule has 1 heterocycles. The average molecular weight is 423 g/mol. The van der Waals surface area contributed by atoms with E-state index in [0.29, 0.717) is 24.9 Å². The summed E-state index contributed by atoms with van der Waals surface area (Å²) in [7, 11) is 0. The van der Waals surface area contributed by atoms with E-state index >= 15 is 0 Å². The fourth-order valence-electron chi connectivity index (χ4n) is 1.61. The molecule has 0 radical (unpaired) electrons. The Hall–Kier alpha value is -0.920. The minimum absolute atomic E-state index is 0.123. The van der Waals surface area contributed by atoms with Crippen molar-refractivity contribution < 1.29 is 4.79 Å². The van der Waals surface area contributed by atoms with Gasteiger partial charge >= 0.3 is 0 Å². The number of carbonyl (C=O) groups is 1. The predicted molar refractivity (Wildman–Crippen MR) is 86.7 cm³/mol. The molecule has 0 aliphatic carbocycles. The third kappa shape index (κ3) is 3.21. The number of rotatable bonds is 3. The Balaban J connectivity index is 2.35. The van der Waals surface area contributed by atoms with Crippen LogP contribution in [0, 0.1) is 10.5 Å². The average Bonchev–Trinajstić information content (AvgIpc) is 2.42. The van der Waals surface area contributed by atoms with Crippen LogP contribution in [0.1, 0.15) is 16.1 Å². The summed E-state index contributed by atoms with van der Waals surface area (Å²) in [5.74, 6) is -0.291. The monoisotopic (exact) mass is 422 g/mol. The lowest BCUT2D eigenvalue weighted by Crippen LogP contribution is -2.27. The summed E-state index contributed by atoms with van der Waals surface area (Å²) in [5.41, 5.74) is 0.686. The fraction of sp³-hybridized carbons (Fsp3) is 0.154. The van der Waals surface area contributed by atoms with Crippen molar-refractivity contribution in [2.45, 2.75) is 13.5 Å². The molecule has 7 heteroatoms. The highest BCUT2D eigenvalue weighted by Crippen LogP contribution is 2.21. The van der Waals surface area contributed by atoms with Gasteiger partial charge < -0.3 is 0 Å². The second-order valence-corrected chi connectivity index (χ2v) is 6.05. The first kappa shape index (κ1) is 15.5. The number of aromatic nitrogens is 2. The molecule has 2 rings (SSSR count). The Kier molecular flexibility index (Phi) is 4.82. The molecule has 0 unspecified atom stereocenters. The SMILES string of the molecule is Cc1ncn(CC(=O)c2cc(Cl)ccc2Cl)c(=O)c1I. The number of hydrogen-bond donors (Lipinski definition) is 0. The molecule has 0 aliphatic rings. The quantitative estimate of drug-likeness (QED) is 0.563. The highest BCUT2D eigenvalue weighted by atomic mass is 127. The van der Waals surface area contributed by atoms with E-state index in [1.165, 1.54) is 17.0 Å². The van der Waals surface area contributed by atoms with E-state index in [1.807, 2.05) is 22.6 Å². The van der Waals surface area contributed by atoms with Gasteiger partial charge in [0.1, 0.15) is 0 Å². The van der Waals surface area contributed by atoms with Gasteiger partial charge in [-0.05, 0) is 47.7 Å². The number of benzene rings is 1. The van der Waals surface area contributed by atoms with Gasteiger partial charge in [-0.1, -0.05) is 23.2 Å². The Morgan fingerprint density at radius 2 is 2.10 bits per heavy atom. The van der Waals surface area contributed by atoms with E-state index in [-0.39, 0.29) is 17.9 Å². The van der Waals surface area contributed by atoms with Gasteiger partial charge in [-0.15, -0.1) is 0 Å². The van der Waals surface area contributed by atoms with Crippen LogP contribution in [0.25, 0.3) is 0 Å². The topological polar surface area (TPSA) is 52.0 Å². The first-order chi connectivity index (χ1) is 9.40. The molecule has 2 aromatic rings. The highest BCUT2D eigenvalue weighted by molar-refractivity contribution is 14.1. The van der Waals surface area contributed by atoms with Gasteiger partial charge in [0.25, 0.3) is 5.56 Å². The molecule has 20 heavy (non-hydrogen) atoms. The zero-order chi connectivity index (χ0) is 14.9. The van der Waals surface area contributed by atoms with Crippen molar-refractivity contribution in [2.75, 3.05) is 0 Å². The zero-order valence-corrected chi connectivity index (χ0v) is 14.0. The molecule has 0 amide bonds. The smallest absolute Gasteiger partial charge is 0.267 e. The fourth-order valence-corrected chi connectivity index (χ4v) is 2.45. The molecule has 0 saturated heterocycles. The summed E-state index contributed by atoms with van der Waals surface area (Å²) in [4.78, 5) is 28.3. The molecule has 0 spiro atoms. The van der Waals surface area contributed by atoms with E-state index in [9.17, 15) is 9.59 Å². The second kappa shape index (κ2) is 6.24. The number of ketones is 1. The molecule has 4 nitrogen and oxygen atoms in total. The van der Waals surface area contributed by atoms with Gasteiger partial charge in [-0.3, -0.25) is 14.2 Å². The molecular formula is C13H9Cl2IN2O2. The molecular weight excluding hydrogens is 414 g/mol. The Bertz CT molecular complexity index is 744. The number of hydrogen-bond acceptors (Lipinski definition) is 3. The highest BCUT2D eigenvalue weighted by Gasteiger charge is 2.14. The lowest BCUT2D eigenvalue weighted by atomic mass is 10.1. The maximum atomic E-state index is 12.2. The number of carbonyl (C=O) groups excluding carboxylic acids is 1. The van der Waals surface area contributed by atoms with Gasteiger partial charge in [0, 0.05) is 10.6 Å². The van der Waals surface area contributed by atoms with E-state index in [2.05, 4.69) is 4.98 Å². The van der Waals surface area contributed by atoms with Crippen LogP contribution < -0.4 is 5.56 Å². The molecule has 0 saturated carbocycles. The van der Waals surface area contributed by atoms with Gasteiger partial charge in [0.15, 0.2) is 5.78 Å². The van der Waals surface area contributed by atoms with E-state index in [0.717, 1.165) is 0 Å². The first-order valence-corrected chi connectivity index (χ1v) is 7.43. The summed E-state index contributed by atoms with van der Waals surface area (Å²) in [6.45, 7) is 1.62. The van der Waals surface area contributed by atoms with E-state index in [1.54, 1.807) is 19.1 Å². The number of Topliss-reactive ketones (excluding diaryl/α,β-unsaturated/α-hetero) is 1. The van der Waals surface area contributed by atoms with Crippen molar-refractivity contribution in [2.24, 2.45) is 0 Å². The van der Waals surface area contributed by atoms with Crippen molar-refractivity contribution in [1.29, 1.82) is 0 Å². The van der Waals surface area contributed by atoms with Crippen molar-refractivity contribution in [3.8, 4) is 0 Å². The molecule has 1 aromatic heterocycles. The summed E-state index contributed by atoms with van der Waals surface area (Å²) >= 11 is 13.7. The predicted octanol–water partition coefficient (Wildman–Crippen LogP) is 3.35. The van der Waals surface area contributed by atoms with Crippen molar-refractivity contribution in [1.82, 2.24) is 9.55 Å². The van der Waals surface area contributed by atoms with Crippen LogP contribution in [0.2, 0.25) is 10.0 Å². The number of aryl methyl sites for hydroxylation is 1. The van der Waals surface area contributed by atoms with Crippen LogP contribution in [0.15, 0.2) is 29.3 Å². The minimum atomic E-state index is -0.291. The van der Waals surface area contributed by atoms with E-state index in [4.69, 9.17) is 23.2 Å². The van der Waals surface area contributed by atoms with Crippen LogP contribution in [-0.2, 0) is 6.54 Å². The molecule has 0 bridgehead atoms.